The van der Waals surface area contributed by atoms with E-state index in [1.807, 2.05) is 0 Å². The molecule has 70 valence electrons. The second-order valence-corrected chi connectivity index (χ2v) is 1.87. The maximum Gasteiger partial charge on any atom is 0.371 e. The standard InChI is InChI=1S/C7H6O6/c8-3-1-2-4(6(10)11)5(9)7(12)13/h1-3,9H,(H,10,11)(H,12,13). The van der Waals surface area contributed by atoms with Crippen molar-refractivity contribution < 1.29 is 29.7 Å². The van der Waals surface area contributed by atoms with Crippen molar-refractivity contribution in [3.63, 3.8) is 0 Å². The van der Waals surface area contributed by atoms with Gasteiger partial charge in [0.25, 0.3) is 0 Å². The van der Waals surface area contributed by atoms with Crippen molar-refractivity contribution in [3.8, 4) is 0 Å². The second-order valence-electron chi connectivity index (χ2n) is 1.87. The number of hydrogen-bond acceptors (Lipinski definition) is 4. The highest BCUT2D eigenvalue weighted by Gasteiger charge is 2.16. The first-order valence-electron chi connectivity index (χ1n) is 3.02. The molecule has 0 bridgehead atoms. The van der Waals surface area contributed by atoms with Gasteiger partial charge in [0.05, 0.1) is 0 Å². The smallest absolute Gasteiger partial charge is 0.371 e. The maximum absolute atomic E-state index is 10.3. The molecule has 0 heterocycles. The number of rotatable bonds is 4. The summed E-state index contributed by atoms with van der Waals surface area (Å²) in [5.74, 6) is -4.71. The highest BCUT2D eigenvalue weighted by molar-refractivity contribution is 5.99. The van der Waals surface area contributed by atoms with Crippen molar-refractivity contribution in [2.75, 3.05) is 0 Å². The highest BCUT2D eigenvalue weighted by Crippen LogP contribution is 2.03. The molecule has 0 aliphatic rings. The molecule has 0 aromatic carbocycles. The van der Waals surface area contributed by atoms with Crippen LogP contribution in [0.5, 0.6) is 0 Å². The summed E-state index contributed by atoms with van der Waals surface area (Å²) in [4.78, 5) is 30.2. The summed E-state index contributed by atoms with van der Waals surface area (Å²) in [7, 11) is 0. The molecule has 0 aliphatic heterocycles. The van der Waals surface area contributed by atoms with Crippen LogP contribution < -0.4 is 0 Å². The largest absolute Gasteiger partial charge is 0.501 e. The van der Waals surface area contributed by atoms with Crippen LogP contribution in [0.1, 0.15) is 0 Å². The van der Waals surface area contributed by atoms with E-state index in [2.05, 4.69) is 0 Å². The number of carbonyl (C=O) groups excluding carboxylic acids is 1. The Kier molecular flexibility index (Phi) is 3.94. The molecule has 0 unspecified atom stereocenters. The summed E-state index contributed by atoms with van der Waals surface area (Å²) in [5, 5.41) is 25.3. The van der Waals surface area contributed by atoms with Gasteiger partial charge in [-0.15, -0.1) is 0 Å². The summed E-state index contributed by atoms with van der Waals surface area (Å²) in [5.41, 5.74) is -0.848. The minimum absolute atomic E-state index is 0.262. The Morgan fingerprint density at radius 3 is 1.85 bits per heavy atom. The van der Waals surface area contributed by atoms with Crippen molar-refractivity contribution in [3.05, 3.63) is 23.5 Å². The first-order valence-corrected chi connectivity index (χ1v) is 3.02. The van der Waals surface area contributed by atoms with Crippen LogP contribution in [0.25, 0.3) is 0 Å². The number of aliphatic carboxylic acids is 2. The minimum Gasteiger partial charge on any atom is -0.501 e. The lowest BCUT2D eigenvalue weighted by Crippen LogP contribution is -2.09. The molecule has 0 spiro atoms. The average molecular weight is 186 g/mol. The Labute approximate surface area is 72.4 Å². The van der Waals surface area contributed by atoms with Crippen molar-refractivity contribution in [2.45, 2.75) is 0 Å². The number of carbonyl (C=O) groups is 3. The second kappa shape index (κ2) is 4.70. The number of aliphatic hydroxyl groups is 1. The number of aldehydes is 1. The van der Waals surface area contributed by atoms with Crippen molar-refractivity contribution >= 4 is 18.2 Å². The fraction of sp³-hybridized carbons (Fsp3) is 0. The zero-order chi connectivity index (χ0) is 10.4. The van der Waals surface area contributed by atoms with E-state index in [4.69, 9.17) is 15.3 Å². The van der Waals surface area contributed by atoms with E-state index >= 15 is 0 Å². The normalized spacial score (nSPS) is 12.3. The van der Waals surface area contributed by atoms with Crippen LogP contribution in [-0.4, -0.2) is 33.5 Å². The summed E-state index contributed by atoms with van der Waals surface area (Å²) in [6.45, 7) is 0. The van der Waals surface area contributed by atoms with Crippen molar-refractivity contribution in [2.24, 2.45) is 0 Å². The zero-order valence-electron chi connectivity index (χ0n) is 6.30. The number of hydrogen-bond donors (Lipinski definition) is 3. The Balaban J connectivity index is 5.11. The van der Waals surface area contributed by atoms with Gasteiger partial charge < -0.3 is 15.3 Å². The molecule has 0 saturated heterocycles. The molecule has 0 fully saturated rings. The molecule has 0 amide bonds. The lowest BCUT2D eigenvalue weighted by Gasteiger charge is -1.95. The molecule has 0 atom stereocenters. The average Bonchev–Trinajstić information content (AvgIpc) is 2.04. The van der Waals surface area contributed by atoms with E-state index in [0.29, 0.717) is 6.08 Å². The fourth-order valence-electron chi connectivity index (χ4n) is 0.502. The Bertz CT molecular complexity index is 298. The Hall–Kier alpha value is -2.11. The highest BCUT2D eigenvalue weighted by atomic mass is 16.4. The van der Waals surface area contributed by atoms with Gasteiger partial charge in [0.2, 0.25) is 5.76 Å². The first kappa shape index (κ1) is 10.9. The lowest BCUT2D eigenvalue weighted by atomic mass is 10.2. The van der Waals surface area contributed by atoms with Crippen LogP contribution in [0.3, 0.4) is 0 Å². The van der Waals surface area contributed by atoms with E-state index in [1.165, 1.54) is 0 Å². The predicted octanol–water partition coefficient (Wildman–Crippen LogP) is -0.277. The Morgan fingerprint density at radius 1 is 1.00 bits per heavy atom. The number of carboxylic acid groups (broad SMARTS) is 2. The van der Waals surface area contributed by atoms with Crippen LogP contribution in [0.2, 0.25) is 0 Å². The van der Waals surface area contributed by atoms with E-state index in [1.54, 1.807) is 0 Å². The molecular weight excluding hydrogens is 180 g/mol. The van der Waals surface area contributed by atoms with Crippen LogP contribution in [0, 0.1) is 0 Å². The fourth-order valence-corrected chi connectivity index (χ4v) is 0.502. The minimum atomic E-state index is -1.77. The molecule has 0 saturated carbocycles. The summed E-state index contributed by atoms with van der Waals surface area (Å²) in [6.07, 6.45) is 1.72. The van der Waals surface area contributed by atoms with Gasteiger partial charge in [0, 0.05) is 0 Å². The number of carboxylic acids is 2. The molecule has 6 nitrogen and oxygen atoms in total. The number of allylic oxidation sites excluding steroid dienone is 1. The molecule has 13 heavy (non-hydrogen) atoms. The van der Waals surface area contributed by atoms with Crippen LogP contribution in [0.4, 0.5) is 0 Å². The molecule has 0 aromatic rings. The van der Waals surface area contributed by atoms with E-state index in [0.717, 1.165) is 6.08 Å². The predicted molar refractivity (Wildman–Crippen MR) is 40.1 cm³/mol. The van der Waals surface area contributed by atoms with E-state index in [-0.39, 0.29) is 6.29 Å². The van der Waals surface area contributed by atoms with Gasteiger partial charge in [-0.3, -0.25) is 4.79 Å². The molecule has 0 aliphatic carbocycles. The lowest BCUT2D eigenvalue weighted by molar-refractivity contribution is -0.138. The van der Waals surface area contributed by atoms with Gasteiger partial charge in [-0.2, -0.15) is 0 Å². The van der Waals surface area contributed by atoms with Crippen LogP contribution in [-0.2, 0) is 14.4 Å². The van der Waals surface area contributed by atoms with Crippen molar-refractivity contribution in [1.82, 2.24) is 0 Å². The quantitative estimate of drug-likeness (QED) is 0.241. The van der Waals surface area contributed by atoms with Gasteiger partial charge in [0.15, 0.2) is 0 Å². The maximum atomic E-state index is 10.3. The van der Waals surface area contributed by atoms with Crippen molar-refractivity contribution in [1.29, 1.82) is 0 Å². The van der Waals surface area contributed by atoms with Gasteiger partial charge in [-0.25, -0.2) is 9.59 Å². The SMILES string of the molecule is O=CC=CC(C(=O)O)=C(O)C(=O)O. The third-order valence-electron chi connectivity index (χ3n) is 1.03. The third kappa shape index (κ3) is 3.19. The van der Waals surface area contributed by atoms with E-state index in [9.17, 15) is 14.4 Å². The molecule has 3 N–H and O–H groups in total. The molecule has 0 aromatic heterocycles. The van der Waals surface area contributed by atoms with Crippen LogP contribution in [0.15, 0.2) is 23.5 Å². The summed E-state index contributed by atoms with van der Waals surface area (Å²) in [6, 6.07) is 0. The summed E-state index contributed by atoms with van der Waals surface area (Å²) >= 11 is 0. The molecule has 0 rings (SSSR count). The van der Waals surface area contributed by atoms with Gasteiger partial charge in [-0.1, -0.05) is 0 Å². The third-order valence-corrected chi connectivity index (χ3v) is 1.03. The number of aliphatic hydroxyl groups excluding tert-OH is 1. The molecule has 6 heteroatoms. The van der Waals surface area contributed by atoms with Gasteiger partial charge in [-0.05, 0) is 12.2 Å². The van der Waals surface area contributed by atoms with Gasteiger partial charge >= 0.3 is 11.9 Å². The monoisotopic (exact) mass is 186 g/mol. The zero-order valence-corrected chi connectivity index (χ0v) is 6.30. The van der Waals surface area contributed by atoms with E-state index < -0.39 is 23.3 Å². The topological polar surface area (TPSA) is 112 Å². The Morgan fingerprint density at radius 2 is 1.54 bits per heavy atom. The molecule has 0 radical (unpaired) electrons. The van der Waals surface area contributed by atoms with Gasteiger partial charge in [0.1, 0.15) is 11.9 Å². The van der Waals surface area contributed by atoms with Crippen LogP contribution >= 0.6 is 0 Å². The summed E-state index contributed by atoms with van der Waals surface area (Å²) < 4.78 is 0. The molecular formula is C7H6O6. The first-order chi connectivity index (χ1) is 6.00.